The monoisotopic (exact) mass is 225 g/mol. The highest BCUT2D eigenvalue weighted by Crippen LogP contribution is 2.22. The molecule has 15 heavy (non-hydrogen) atoms. The molecule has 82 valence electrons. The van der Waals surface area contributed by atoms with Crippen molar-refractivity contribution in [2.75, 3.05) is 7.05 Å². The summed E-state index contributed by atoms with van der Waals surface area (Å²) in [6.07, 6.45) is 0.562. The molecule has 1 N–H and O–H groups in total. The molecular formula is C11H15NO2S. The van der Waals surface area contributed by atoms with E-state index in [1.54, 1.807) is 7.05 Å². The van der Waals surface area contributed by atoms with Gasteiger partial charge in [0.15, 0.2) is 5.78 Å². The van der Waals surface area contributed by atoms with Gasteiger partial charge in [0.1, 0.15) is 0 Å². The van der Waals surface area contributed by atoms with Crippen LogP contribution in [0.2, 0.25) is 0 Å². The first kappa shape index (κ1) is 11.9. The van der Waals surface area contributed by atoms with E-state index in [1.807, 2.05) is 19.9 Å². The molecular weight excluding hydrogens is 210 g/mol. The minimum absolute atomic E-state index is 0.0641. The third kappa shape index (κ3) is 3.16. The molecule has 0 atom stereocenters. The van der Waals surface area contributed by atoms with Crippen LogP contribution >= 0.6 is 11.3 Å². The van der Waals surface area contributed by atoms with Crippen molar-refractivity contribution in [3.05, 3.63) is 21.4 Å². The van der Waals surface area contributed by atoms with E-state index >= 15 is 0 Å². The number of hydrogen-bond acceptors (Lipinski definition) is 3. The number of nitrogens with one attached hydrogen (secondary N) is 1. The molecule has 0 aromatic carbocycles. The molecule has 4 heteroatoms. The molecule has 3 nitrogen and oxygen atoms in total. The maximum atomic E-state index is 11.7. The maximum Gasteiger partial charge on any atom is 0.220 e. The third-order valence-corrected chi connectivity index (χ3v) is 3.35. The Hall–Kier alpha value is -1.16. The molecule has 1 heterocycles. The van der Waals surface area contributed by atoms with Gasteiger partial charge in [-0.3, -0.25) is 9.59 Å². The van der Waals surface area contributed by atoms with Crippen LogP contribution in [0, 0.1) is 13.8 Å². The normalized spacial score (nSPS) is 10.1. The van der Waals surface area contributed by atoms with Crippen LogP contribution in [-0.4, -0.2) is 18.7 Å². The van der Waals surface area contributed by atoms with Gasteiger partial charge in [0.25, 0.3) is 0 Å². The predicted molar refractivity (Wildman–Crippen MR) is 61.4 cm³/mol. The highest BCUT2D eigenvalue weighted by molar-refractivity contribution is 7.14. The van der Waals surface area contributed by atoms with E-state index in [1.165, 1.54) is 11.3 Å². The number of ketones is 1. The van der Waals surface area contributed by atoms with Gasteiger partial charge in [-0.05, 0) is 25.5 Å². The number of carbonyl (C=O) groups excluding carboxylic acids is 2. The topological polar surface area (TPSA) is 46.2 Å². The highest BCUT2D eigenvalue weighted by atomic mass is 32.1. The SMILES string of the molecule is CNC(=O)CCC(=O)c1sc(C)cc1C. The van der Waals surface area contributed by atoms with Crippen LogP contribution in [0.25, 0.3) is 0 Å². The summed E-state index contributed by atoms with van der Waals surface area (Å²) in [6, 6.07) is 2.00. The lowest BCUT2D eigenvalue weighted by molar-refractivity contribution is -0.120. The number of thiophene rings is 1. The Balaban J connectivity index is 2.61. The predicted octanol–water partition coefficient (Wildman–Crippen LogP) is 2.07. The van der Waals surface area contributed by atoms with Gasteiger partial charge < -0.3 is 5.32 Å². The molecule has 1 amide bonds. The second-order valence-corrected chi connectivity index (χ2v) is 4.72. The summed E-state index contributed by atoms with van der Waals surface area (Å²) in [6.45, 7) is 3.91. The molecule has 0 saturated heterocycles. The summed E-state index contributed by atoms with van der Waals surface area (Å²) in [5.41, 5.74) is 1.01. The lowest BCUT2D eigenvalue weighted by atomic mass is 10.1. The number of hydrogen-bond donors (Lipinski definition) is 1. The number of rotatable bonds is 4. The van der Waals surface area contributed by atoms with E-state index in [0.717, 1.165) is 15.3 Å². The first-order chi connectivity index (χ1) is 7.04. The largest absolute Gasteiger partial charge is 0.359 e. The van der Waals surface area contributed by atoms with E-state index in [4.69, 9.17) is 0 Å². The quantitative estimate of drug-likeness (QED) is 0.797. The van der Waals surface area contributed by atoms with Gasteiger partial charge >= 0.3 is 0 Å². The minimum Gasteiger partial charge on any atom is -0.359 e. The van der Waals surface area contributed by atoms with E-state index in [9.17, 15) is 9.59 Å². The van der Waals surface area contributed by atoms with Crippen molar-refractivity contribution in [2.45, 2.75) is 26.7 Å². The summed E-state index contributed by atoms with van der Waals surface area (Å²) >= 11 is 1.50. The zero-order valence-electron chi connectivity index (χ0n) is 9.22. The Bertz CT molecular complexity index is 382. The van der Waals surface area contributed by atoms with Crippen molar-refractivity contribution in [2.24, 2.45) is 0 Å². The standard InChI is InChI=1S/C11H15NO2S/c1-7-6-8(2)15-11(7)9(13)4-5-10(14)12-3/h6H,4-5H2,1-3H3,(H,12,14). The van der Waals surface area contributed by atoms with E-state index in [2.05, 4.69) is 5.32 Å². The lowest BCUT2D eigenvalue weighted by Crippen LogP contribution is -2.18. The first-order valence-electron chi connectivity index (χ1n) is 4.85. The number of amides is 1. The van der Waals surface area contributed by atoms with Crippen LogP contribution in [0.5, 0.6) is 0 Å². The molecule has 1 aromatic rings. The van der Waals surface area contributed by atoms with Crippen molar-refractivity contribution < 1.29 is 9.59 Å². The molecule has 1 aromatic heterocycles. The van der Waals surface area contributed by atoms with Crippen LogP contribution < -0.4 is 5.32 Å². The average Bonchev–Trinajstić information content (AvgIpc) is 2.53. The molecule has 0 unspecified atom stereocenters. The van der Waals surface area contributed by atoms with E-state index < -0.39 is 0 Å². The fourth-order valence-electron chi connectivity index (χ4n) is 1.38. The Kier molecular flexibility index (Phi) is 4.03. The molecule has 0 bridgehead atoms. The smallest absolute Gasteiger partial charge is 0.220 e. The van der Waals surface area contributed by atoms with Crippen molar-refractivity contribution in [1.82, 2.24) is 5.32 Å². The Morgan fingerprint density at radius 1 is 1.33 bits per heavy atom. The molecule has 0 aliphatic heterocycles. The van der Waals surface area contributed by atoms with Crippen molar-refractivity contribution >= 4 is 23.0 Å². The van der Waals surface area contributed by atoms with Crippen LogP contribution in [0.15, 0.2) is 6.07 Å². The molecule has 0 fully saturated rings. The molecule has 0 spiro atoms. The second kappa shape index (κ2) is 5.07. The number of Topliss-reactive ketones (excluding diaryl/α,β-unsaturated/α-hetero) is 1. The van der Waals surface area contributed by atoms with Crippen LogP contribution in [0.4, 0.5) is 0 Å². The van der Waals surface area contributed by atoms with Crippen molar-refractivity contribution in [1.29, 1.82) is 0 Å². The molecule has 0 radical (unpaired) electrons. The fraction of sp³-hybridized carbons (Fsp3) is 0.455. The third-order valence-electron chi connectivity index (χ3n) is 2.15. The van der Waals surface area contributed by atoms with Crippen molar-refractivity contribution in [3.8, 4) is 0 Å². The van der Waals surface area contributed by atoms with Crippen LogP contribution in [-0.2, 0) is 4.79 Å². The minimum atomic E-state index is -0.0886. The highest BCUT2D eigenvalue weighted by Gasteiger charge is 2.13. The molecule has 0 aliphatic rings. The Morgan fingerprint density at radius 2 is 2.00 bits per heavy atom. The van der Waals surface area contributed by atoms with Gasteiger partial charge in [0.05, 0.1) is 4.88 Å². The Labute approximate surface area is 93.5 Å². The van der Waals surface area contributed by atoms with Gasteiger partial charge in [-0.25, -0.2) is 0 Å². The lowest BCUT2D eigenvalue weighted by Gasteiger charge is -1.99. The first-order valence-corrected chi connectivity index (χ1v) is 5.67. The van der Waals surface area contributed by atoms with Gasteiger partial charge in [-0.2, -0.15) is 0 Å². The van der Waals surface area contributed by atoms with Gasteiger partial charge in [-0.15, -0.1) is 11.3 Å². The van der Waals surface area contributed by atoms with E-state index in [0.29, 0.717) is 6.42 Å². The summed E-state index contributed by atoms with van der Waals surface area (Å²) < 4.78 is 0. The zero-order valence-corrected chi connectivity index (χ0v) is 10.0. The molecule has 1 rings (SSSR count). The van der Waals surface area contributed by atoms with Gasteiger partial charge in [0, 0.05) is 24.8 Å². The number of carbonyl (C=O) groups is 2. The zero-order chi connectivity index (χ0) is 11.4. The summed E-state index contributed by atoms with van der Waals surface area (Å²) in [7, 11) is 1.58. The average molecular weight is 225 g/mol. The van der Waals surface area contributed by atoms with Gasteiger partial charge in [0.2, 0.25) is 5.91 Å². The maximum absolute atomic E-state index is 11.7. The van der Waals surface area contributed by atoms with Crippen LogP contribution in [0.3, 0.4) is 0 Å². The van der Waals surface area contributed by atoms with Gasteiger partial charge in [-0.1, -0.05) is 0 Å². The molecule has 0 saturated carbocycles. The summed E-state index contributed by atoms with van der Waals surface area (Å²) in [5, 5.41) is 2.50. The summed E-state index contributed by atoms with van der Waals surface area (Å²) in [5.74, 6) is -0.0246. The van der Waals surface area contributed by atoms with E-state index in [-0.39, 0.29) is 18.1 Å². The second-order valence-electron chi connectivity index (χ2n) is 3.47. The van der Waals surface area contributed by atoms with Crippen LogP contribution in [0.1, 0.15) is 33.0 Å². The Morgan fingerprint density at radius 3 is 2.47 bits per heavy atom. The number of aryl methyl sites for hydroxylation is 2. The fourth-order valence-corrected chi connectivity index (χ4v) is 2.38. The van der Waals surface area contributed by atoms with Crippen molar-refractivity contribution in [3.63, 3.8) is 0 Å². The summed E-state index contributed by atoms with van der Waals surface area (Å²) in [4.78, 5) is 24.6. The molecule has 0 aliphatic carbocycles.